The molecule has 1 aliphatic rings. The van der Waals surface area contributed by atoms with E-state index in [-0.39, 0.29) is 18.3 Å². The molecule has 0 bridgehead atoms. The van der Waals surface area contributed by atoms with Crippen molar-refractivity contribution in [2.75, 3.05) is 24.5 Å². The molecular weight excluding hydrogens is 369 g/mol. The number of amides is 1. The number of halogens is 2. The van der Waals surface area contributed by atoms with Crippen molar-refractivity contribution in [1.82, 2.24) is 5.32 Å². The van der Waals surface area contributed by atoms with Crippen LogP contribution in [0, 0.1) is 12.8 Å². The van der Waals surface area contributed by atoms with E-state index >= 15 is 0 Å². The zero-order valence-corrected chi connectivity index (χ0v) is 16.4. The number of carbonyl (C=O) groups is 1. The SMILES string of the molecule is Cc1ccc(Cl)cc1N1CCC(CNC(=O)c2ccc(CN)cc2)C1.Cl. The monoisotopic (exact) mass is 393 g/mol. The molecule has 0 aromatic heterocycles. The second-order valence-corrected chi connectivity index (χ2v) is 7.08. The number of nitrogens with zero attached hydrogens (tertiary/aromatic N) is 1. The number of carbonyl (C=O) groups excluding carboxylic acids is 1. The van der Waals surface area contributed by atoms with Gasteiger partial charge in [-0.3, -0.25) is 4.79 Å². The highest BCUT2D eigenvalue weighted by Crippen LogP contribution is 2.29. The van der Waals surface area contributed by atoms with Gasteiger partial charge in [-0.15, -0.1) is 12.4 Å². The molecule has 0 aliphatic carbocycles. The Morgan fingerprint density at radius 1 is 1.27 bits per heavy atom. The van der Waals surface area contributed by atoms with Crippen LogP contribution in [0.1, 0.15) is 27.9 Å². The normalized spacial score (nSPS) is 16.3. The summed E-state index contributed by atoms with van der Waals surface area (Å²) >= 11 is 6.13. The Morgan fingerprint density at radius 2 is 2.00 bits per heavy atom. The molecule has 2 aromatic carbocycles. The van der Waals surface area contributed by atoms with E-state index in [0.29, 0.717) is 24.6 Å². The van der Waals surface area contributed by atoms with Gasteiger partial charge < -0.3 is 16.0 Å². The number of aryl methyl sites for hydroxylation is 1. The largest absolute Gasteiger partial charge is 0.371 e. The van der Waals surface area contributed by atoms with Crippen LogP contribution in [0.25, 0.3) is 0 Å². The van der Waals surface area contributed by atoms with Crippen molar-refractivity contribution in [3.63, 3.8) is 0 Å². The van der Waals surface area contributed by atoms with Crippen molar-refractivity contribution in [1.29, 1.82) is 0 Å². The number of anilines is 1. The summed E-state index contributed by atoms with van der Waals surface area (Å²) in [4.78, 5) is 14.6. The number of hydrogen-bond donors (Lipinski definition) is 2. The predicted molar refractivity (Wildman–Crippen MR) is 110 cm³/mol. The Bertz CT molecular complexity index is 749. The van der Waals surface area contributed by atoms with E-state index in [9.17, 15) is 4.79 Å². The van der Waals surface area contributed by atoms with E-state index in [1.807, 2.05) is 36.4 Å². The van der Waals surface area contributed by atoms with Crippen LogP contribution in [-0.2, 0) is 6.54 Å². The van der Waals surface area contributed by atoms with Gasteiger partial charge in [-0.1, -0.05) is 29.8 Å². The average Bonchev–Trinajstić information content (AvgIpc) is 3.10. The second-order valence-electron chi connectivity index (χ2n) is 6.64. The second kappa shape index (κ2) is 9.26. The number of benzene rings is 2. The van der Waals surface area contributed by atoms with Crippen LogP contribution in [-0.4, -0.2) is 25.5 Å². The molecule has 3 N–H and O–H groups in total. The third kappa shape index (κ3) is 4.91. The molecule has 6 heteroatoms. The van der Waals surface area contributed by atoms with Crippen molar-refractivity contribution in [3.8, 4) is 0 Å². The fourth-order valence-corrected chi connectivity index (χ4v) is 3.44. The standard InChI is InChI=1S/C20H24ClN3O.ClH/c1-14-2-7-18(21)10-19(14)24-9-8-16(13-24)12-23-20(25)17-5-3-15(11-22)4-6-17;/h2-7,10,16H,8-9,11-13,22H2,1H3,(H,23,25);1H. The maximum Gasteiger partial charge on any atom is 0.251 e. The Kier molecular flexibility index (Phi) is 7.33. The minimum Gasteiger partial charge on any atom is -0.371 e. The number of hydrogen-bond acceptors (Lipinski definition) is 3. The molecule has 1 heterocycles. The van der Waals surface area contributed by atoms with Gasteiger partial charge in [-0.05, 0) is 54.7 Å². The van der Waals surface area contributed by atoms with Gasteiger partial charge in [0.2, 0.25) is 0 Å². The summed E-state index contributed by atoms with van der Waals surface area (Å²) in [5.41, 5.74) is 9.71. The Balaban J connectivity index is 0.00000243. The first-order valence-corrected chi connectivity index (χ1v) is 9.03. The first kappa shape index (κ1) is 20.6. The van der Waals surface area contributed by atoms with Crippen molar-refractivity contribution in [2.45, 2.75) is 19.9 Å². The average molecular weight is 394 g/mol. The fraction of sp³-hybridized carbons (Fsp3) is 0.350. The van der Waals surface area contributed by atoms with Crippen molar-refractivity contribution < 1.29 is 4.79 Å². The van der Waals surface area contributed by atoms with Gasteiger partial charge in [0.1, 0.15) is 0 Å². The van der Waals surface area contributed by atoms with Gasteiger partial charge in [0.15, 0.2) is 0 Å². The topological polar surface area (TPSA) is 58.4 Å². The zero-order chi connectivity index (χ0) is 17.8. The number of nitrogens with two attached hydrogens (primary N) is 1. The lowest BCUT2D eigenvalue weighted by atomic mass is 10.1. The first-order chi connectivity index (χ1) is 12.1. The Hall–Kier alpha value is -1.75. The molecule has 2 aromatic rings. The summed E-state index contributed by atoms with van der Waals surface area (Å²) in [5, 5.41) is 3.82. The van der Waals surface area contributed by atoms with Crippen LogP contribution in [0.3, 0.4) is 0 Å². The summed E-state index contributed by atoms with van der Waals surface area (Å²) in [5.74, 6) is 0.423. The van der Waals surface area contributed by atoms with E-state index in [1.165, 1.54) is 11.3 Å². The molecular formula is C20H25Cl2N3O. The summed E-state index contributed by atoms with van der Waals surface area (Å²) in [6.45, 7) is 5.21. The summed E-state index contributed by atoms with van der Waals surface area (Å²) in [6, 6.07) is 13.4. The first-order valence-electron chi connectivity index (χ1n) is 8.65. The number of nitrogens with one attached hydrogen (secondary N) is 1. The van der Waals surface area contributed by atoms with Gasteiger partial charge in [-0.2, -0.15) is 0 Å². The van der Waals surface area contributed by atoms with E-state index in [2.05, 4.69) is 23.2 Å². The third-order valence-corrected chi connectivity index (χ3v) is 5.04. The fourth-order valence-electron chi connectivity index (χ4n) is 3.27. The van der Waals surface area contributed by atoms with Gasteiger partial charge in [0, 0.05) is 42.5 Å². The Morgan fingerprint density at radius 3 is 2.69 bits per heavy atom. The smallest absolute Gasteiger partial charge is 0.251 e. The molecule has 1 amide bonds. The van der Waals surface area contributed by atoms with E-state index in [1.54, 1.807) is 0 Å². The van der Waals surface area contributed by atoms with E-state index in [0.717, 1.165) is 30.1 Å². The lowest BCUT2D eigenvalue weighted by molar-refractivity contribution is 0.0948. The molecule has 0 saturated carbocycles. The molecule has 1 aliphatic heterocycles. The summed E-state index contributed by atoms with van der Waals surface area (Å²) in [7, 11) is 0. The maximum absolute atomic E-state index is 12.3. The quantitative estimate of drug-likeness (QED) is 0.812. The predicted octanol–water partition coefficient (Wildman–Crippen LogP) is 3.79. The number of rotatable bonds is 5. The van der Waals surface area contributed by atoms with Crippen LogP contribution in [0.2, 0.25) is 5.02 Å². The third-order valence-electron chi connectivity index (χ3n) is 4.80. The van der Waals surface area contributed by atoms with Gasteiger partial charge in [-0.25, -0.2) is 0 Å². The molecule has 4 nitrogen and oxygen atoms in total. The molecule has 0 spiro atoms. The van der Waals surface area contributed by atoms with Gasteiger partial charge in [0.25, 0.3) is 5.91 Å². The molecule has 1 unspecified atom stereocenters. The van der Waals surface area contributed by atoms with E-state index < -0.39 is 0 Å². The summed E-state index contributed by atoms with van der Waals surface area (Å²) in [6.07, 6.45) is 1.07. The molecule has 3 rings (SSSR count). The van der Waals surface area contributed by atoms with Crippen LogP contribution < -0.4 is 16.0 Å². The highest BCUT2D eigenvalue weighted by atomic mass is 35.5. The lowest BCUT2D eigenvalue weighted by Gasteiger charge is -2.21. The van der Waals surface area contributed by atoms with Crippen molar-refractivity contribution in [2.24, 2.45) is 11.7 Å². The highest BCUT2D eigenvalue weighted by molar-refractivity contribution is 6.30. The molecule has 1 atom stereocenters. The van der Waals surface area contributed by atoms with Gasteiger partial charge >= 0.3 is 0 Å². The molecule has 0 radical (unpaired) electrons. The molecule has 140 valence electrons. The van der Waals surface area contributed by atoms with Crippen LogP contribution in [0.5, 0.6) is 0 Å². The molecule has 1 saturated heterocycles. The minimum atomic E-state index is -0.0269. The zero-order valence-electron chi connectivity index (χ0n) is 14.9. The van der Waals surface area contributed by atoms with Crippen molar-refractivity contribution >= 4 is 35.6 Å². The van der Waals surface area contributed by atoms with Crippen LogP contribution >= 0.6 is 24.0 Å². The Labute approximate surface area is 166 Å². The summed E-state index contributed by atoms with van der Waals surface area (Å²) < 4.78 is 0. The van der Waals surface area contributed by atoms with Gasteiger partial charge in [0.05, 0.1) is 0 Å². The van der Waals surface area contributed by atoms with E-state index in [4.69, 9.17) is 17.3 Å². The molecule has 26 heavy (non-hydrogen) atoms. The van der Waals surface area contributed by atoms with Crippen LogP contribution in [0.15, 0.2) is 42.5 Å². The minimum absolute atomic E-state index is 0. The highest BCUT2D eigenvalue weighted by Gasteiger charge is 2.24. The van der Waals surface area contributed by atoms with Crippen LogP contribution in [0.4, 0.5) is 5.69 Å². The maximum atomic E-state index is 12.3. The van der Waals surface area contributed by atoms with Crippen molar-refractivity contribution in [3.05, 3.63) is 64.2 Å². The molecule has 1 fully saturated rings. The lowest BCUT2D eigenvalue weighted by Crippen LogP contribution is -2.31.